The lowest BCUT2D eigenvalue weighted by atomic mass is 9.93. The average Bonchev–Trinajstić information content (AvgIpc) is 3.19. The van der Waals surface area contributed by atoms with Crippen LogP contribution < -0.4 is 10.6 Å². The van der Waals surface area contributed by atoms with Gasteiger partial charge >= 0.3 is 0 Å². The summed E-state index contributed by atoms with van der Waals surface area (Å²) in [6.45, 7) is 3.95. The third-order valence-electron chi connectivity index (χ3n) is 6.13. The minimum absolute atomic E-state index is 0.0382. The van der Waals surface area contributed by atoms with E-state index in [-0.39, 0.29) is 35.6 Å². The summed E-state index contributed by atoms with van der Waals surface area (Å²) in [4.78, 5) is 33.7. The van der Waals surface area contributed by atoms with E-state index >= 15 is 0 Å². The Bertz CT molecular complexity index is 904. The number of hydrogen-bond donors (Lipinski definition) is 3. The van der Waals surface area contributed by atoms with Crippen LogP contribution >= 0.6 is 15.9 Å². The summed E-state index contributed by atoms with van der Waals surface area (Å²) in [6.07, 6.45) is 6.64. The van der Waals surface area contributed by atoms with Gasteiger partial charge in [-0.3, -0.25) is 9.59 Å². The van der Waals surface area contributed by atoms with Gasteiger partial charge in [0, 0.05) is 22.4 Å². The second-order valence-electron chi connectivity index (χ2n) is 8.85. The maximum Gasteiger partial charge on any atom is 0.243 e. The molecule has 160 valence electrons. The molecule has 0 aliphatic heterocycles. The van der Waals surface area contributed by atoms with Gasteiger partial charge in [-0.05, 0) is 49.3 Å². The van der Waals surface area contributed by atoms with Gasteiger partial charge in [0.2, 0.25) is 11.8 Å². The fraction of sp³-hybridized carbons (Fsp3) is 0.522. The van der Waals surface area contributed by atoms with Gasteiger partial charge in [0.15, 0.2) is 0 Å². The number of benzene rings is 1. The van der Waals surface area contributed by atoms with Crippen molar-refractivity contribution in [2.24, 2.45) is 11.8 Å². The average molecular weight is 473 g/mol. The van der Waals surface area contributed by atoms with Crippen LogP contribution in [0.3, 0.4) is 0 Å². The zero-order chi connectivity index (χ0) is 21.3. The van der Waals surface area contributed by atoms with Crippen LogP contribution in [0.5, 0.6) is 0 Å². The standard InChI is InChI=1S/C23H29BrN4O2/c1-13(2)20(23(30)26-16-10-11-16)28-22(29)18-5-3-4-17(18)21-25-12-19(27-21)14-6-8-15(24)9-7-14/h6-9,12-13,16-18,20H,3-5,10-11H2,1-2H3,(H,25,27)(H,26,30)(H,28,29)/t17?,18?,20-/m0/s1. The quantitative estimate of drug-likeness (QED) is 0.565. The van der Waals surface area contributed by atoms with Crippen LogP contribution in [0.4, 0.5) is 0 Å². The Morgan fingerprint density at radius 2 is 1.87 bits per heavy atom. The first-order valence-electron chi connectivity index (χ1n) is 10.8. The van der Waals surface area contributed by atoms with Gasteiger partial charge in [0.1, 0.15) is 11.9 Å². The minimum Gasteiger partial charge on any atom is -0.352 e. The fourth-order valence-electron chi connectivity index (χ4n) is 4.22. The van der Waals surface area contributed by atoms with Crippen molar-refractivity contribution < 1.29 is 9.59 Å². The number of amides is 2. The molecule has 3 N–H and O–H groups in total. The molecule has 4 rings (SSSR count). The van der Waals surface area contributed by atoms with E-state index in [2.05, 4.69) is 36.5 Å². The topological polar surface area (TPSA) is 86.9 Å². The van der Waals surface area contributed by atoms with Crippen LogP contribution in [0, 0.1) is 11.8 Å². The third kappa shape index (κ3) is 4.77. The smallest absolute Gasteiger partial charge is 0.243 e. The molecule has 2 unspecified atom stereocenters. The molecule has 2 amide bonds. The van der Waals surface area contributed by atoms with Crippen LogP contribution in [-0.2, 0) is 9.59 Å². The zero-order valence-electron chi connectivity index (χ0n) is 17.5. The van der Waals surface area contributed by atoms with E-state index in [4.69, 9.17) is 0 Å². The van der Waals surface area contributed by atoms with Crippen LogP contribution in [0.2, 0.25) is 0 Å². The number of carbonyl (C=O) groups is 2. The first-order chi connectivity index (χ1) is 14.4. The Labute approximate surface area is 185 Å². The van der Waals surface area contributed by atoms with E-state index in [0.29, 0.717) is 0 Å². The molecule has 0 saturated heterocycles. The Morgan fingerprint density at radius 1 is 1.13 bits per heavy atom. The minimum atomic E-state index is -0.491. The molecule has 1 heterocycles. The summed E-state index contributed by atoms with van der Waals surface area (Å²) < 4.78 is 1.03. The Kier molecular flexibility index (Phi) is 6.27. The Hall–Kier alpha value is -2.15. The molecule has 30 heavy (non-hydrogen) atoms. The van der Waals surface area contributed by atoms with Crippen molar-refractivity contribution in [2.75, 3.05) is 0 Å². The van der Waals surface area contributed by atoms with Crippen molar-refractivity contribution in [3.8, 4) is 11.3 Å². The van der Waals surface area contributed by atoms with Gasteiger partial charge in [-0.1, -0.05) is 48.3 Å². The van der Waals surface area contributed by atoms with E-state index in [1.807, 2.05) is 44.3 Å². The highest BCUT2D eigenvalue weighted by molar-refractivity contribution is 9.10. The highest BCUT2D eigenvalue weighted by Crippen LogP contribution is 2.39. The number of imidazole rings is 1. The molecule has 2 aromatic rings. The zero-order valence-corrected chi connectivity index (χ0v) is 19.0. The van der Waals surface area contributed by atoms with Crippen LogP contribution in [0.1, 0.15) is 57.7 Å². The summed E-state index contributed by atoms with van der Waals surface area (Å²) in [5, 5.41) is 6.06. The van der Waals surface area contributed by atoms with Crippen molar-refractivity contribution in [3.05, 3.63) is 40.8 Å². The van der Waals surface area contributed by atoms with E-state index in [1.54, 1.807) is 0 Å². The first kappa shape index (κ1) is 21.1. The molecular formula is C23H29BrN4O2. The summed E-state index contributed by atoms with van der Waals surface area (Å²) in [6, 6.07) is 7.86. The van der Waals surface area contributed by atoms with Crippen molar-refractivity contribution in [3.63, 3.8) is 0 Å². The molecule has 7 heteroatoms. The lowest BCUT2D eigenvalue weighted by Gasteiger charge is -2.25. The van der Waals surface area contributed by atoms with Crippen molar-refractivity contribution >= 4 is 27.7 Å². The number of nitrogens with one attached hydrogen (secondary N) is 3. The maximum absolute atomic E-state index is 13.1. The number of halogens is 1. The van der Waals surface area contributed by atoms with Crippen molar-refractivity contribution in [1.29, 1.82) is 0 Å². The van der Waals surface area contributed by atoms with E-state index < -0.39 is 6.04 Å². The molecule has 0 spiro atoms. The number of aromatic amines is 1. The highest BCUT2D eigenvalue weighted by atomic mass is 79.9. The van der Waals surface area contributed by atoms with Gasteiger partial charge in [0.05, 0.1) is 11.9 Å². The second-order valence-corrected chi connectivity index (χ2v) is 9.76. The summed E-state index contributed by atoms with van der Waals surface area (Å²) in [7, 11) is 0. The molecular weight excluding hydrogens is 444 g/mol. The summed E-state index contributed by atoms with van der Waals surface area (Å²) in [5.41, 5.74) is 2.01. The predicted octanol–water partition coefficient (Wildman–Crippen LogP) is 4.14. The van der Waals surface area contributed by atoms with Gasteiger partial charge < -0.3 is 15.6 Å². The molecule has 1 aromatic carbocycles. The van der Waals surface area contributed by atoms with Crippen LogP contribution in [-0.4, -0.2) is 33.9 Å². The van der Waals surface area contributed by atoms with Crippen LogP contribution in [0.25, 0.3) is 11.3 Å². The maximum atomic E-state index is 13.1. The lowest BCUT2D eigenvalue weighted by Crippen LogP contribution is -2.51. The molecule has 6 nitrogen and oxygen atoms in total. The number of hydrogen-bond acceptors (Lipinski definition) is 3. The summed E-state index contributed by atoms with van der Waals surface area (Å²) >= 11 is 3.46. The first-order valence-corrected chi connectivity index (χ1v) is 11.6. The Balaban J connectivity index is 1.45. The van der Waals surface area contributed by atoms with Crippen molar-refractivity contribution in [2.45, 2.75) is 64.0 Å². The number of rotatable bonds is 7. The number of carbonyl (C=O) groups excluding carboxylic acids is 2. The largest absolute Gasteiger partial charge is 0.352 e. The lowest BCUT2D eigenvalue weighted by molar-refractivity contribution is -0.132. The van der Waals surface area contributed by atoms with Crippen molar-refractivity contribution in [1.82, 2.24) is 20.6 Å². The normalized spacial score (nSPS) is 22.1. The van der Waals surface area contributed by atoms with E-state index in [1.165, 1.54) is 0 Å². The van der Waals surface area contributed by atoms with Crippen LogP contribution in [0.15, 0.2) is 34.9 Å². The third-order valence-corrected chi connectivity index (χ3v) is 6.65. The molecule has 2 fully saturated rings. The molecule has 2 aliphatic carbocycles. The van der Waals surface area contributed by atoms with E-state index in [0.717, 1.165) is 53.7 Å². The molecule has 0 radical (unpaired) electrons. The summed E-state index contributed by atoms with van der Waals surface area (Å²) in [5.74, 6) is 0.682. The molecule has 2 aliphatic rings. The highest BCUT2D eigenvalue weighted by Gasteiger charge is 2.38. The Morgan fingerprint density at radius 3 is 2.53 bits per heavy atom. The van der Waals surface area contributed by atoms with E-state index in [9.17, 15) is 9.59 Å². The van der Waals surface area contributed by atoms with Gasteiger partial charge in [-0.15, -0.1) is 0 Å². The monoisotopic (exact) mass is 472 g/mol. The molecule has 1 aromatic heterocycles. The van der Waals surface area contributed by atoms with Gasteiger partial charge in [-0.2, -0.15) is 0 Å². The van der Waals surface area contributed by atoms with Gasteiger partial charge in [-0.25, -0.2) is 4.98 Å². The predicted molar refractivity (Wildman–Crippen MR) is 120 cm³/mol. The second kappa shape index (κ2) is 8.92. The molecule has 3 atom stereocenters. The number of H-pyrrole nitrogens is 1. The van der Waals surface area contributed by atoms with Gasteiger partial charge in [0.25, 0.3) is 0 Å². The SMILES string of the molecule is CC(C)[C@H](NC(=O)C1CCCC1c1ncc(-c2ccc(Br)cc2)[nH]1)C(=O)NC1CC1. The number of nitrogens with zero attached hydrogens (tertiary/aromatic N) is 1. The fourth-order valence-corrected chi connectivity index (χ4v) is 4.48. The molecule has 0 bridgehead atoms. The molecule has 2 saturated carbocycles. The number of aromatic nitrogens is 2.